The van der Waals surface area contributed by atoms with Gasteiger partial charge in [0.2, 0.25) is 0 Å². The zero-order valence-corrected chi connectivity index (χ0v) is 15.5. The molecule has 0 aromatic heterocycles. The molecule has 5 aliphatic carbocycles. The lowest BCUT2D eigenvalue weighted by atomic mass is 9.46. The molecule has 0 unspecified atom stereocenters. The van der Waals surface area contributed by atoms with Crippen LogP contribution in [0.25, 0.3) is 0 Å². The largest absolute Gasteiger partial charge is 0.0812 e. The van der Waals surface area contributed by atoms with Gasteiger partial charge in [-0.05, 0) is 106 Å². The Balaban J connectivity index is 1.56. The van der Waals surface area contributed by atoms with Gasteiger partial charge in [0.15, 0.2) is 0 Å². The van der Waals surface area contributed by atoms with Gasteiger partial charge in [0.1, 0.15) is 0 Å². The molecule has 0 heteroatoms. The van der Waals surface area contributed by atoms with Crippen LogP contribution in [-0.4, -0.2) is 0 Å². The van der Waals surface area contributed by atoms with Crippen LogP contribution in [0.5, 0.6) is 0 Å². The molecule has 0 aromatic carbocycles. The molecule has 0 nitrogen and oxygen atoms in total. The summed E-state index contributed by atoms with van der Waals surface area (Å²) in [5.74, 6) is 1.99. The van der Waals surface area contributed by atoms with Gasteiger partial charge in [-0.1, -0.05) is 36.6 Å². The first-order valence-electron chi connectivity index (χ1n) is 10.4. The fourth-order valence-electron chi connectivity index (χ4n) is 8.68. The van der Waals surface area contributed by atoms with Crippen molar-refractivity contribution < 1.29 is 0 Å². The summed E-state index contributed by atoms with van der Waals surface area (Å²) in [4.78, 5) is 0. The van der Waals surface area contributed by atoms with E-state index in [1.165, 1.54) is 44.9 Å². The molecule has 126 valence electrons. The number of allylic oxidation sites excluding steroid dienone is 4. The van der Waals surface area contributed by atoms with Crippen molar-refractivity contribution >= 4 is 0 Å². The minimum absolute atomic E-state index is 0.674. The fourth-order valence-corrected chi connectivity index (χ4v) is 8.68. The Kier molecular flexibility index (Phi) is 2.93. The van der Waals surface area contributed by atoms with Crippen molar-refractivity contribution in [1.82, 2.24) is 0 Å². The number of hydrogen-bond donors (Lipinski definition) is 0. The third-order valence-electron chi connectivity index (χ3n) is 10.0. The zero-order chi connectivity index (χ0) is 15.9. The summed E-state index contributed by atoms with van der Waals surface area (Å²) in [5, 5.41) is 0. The highest BCUT2D eigenvalue weighted by molar-refractivity contribution is 5.35. The van der Waals surface area contributed by atoms with Gasteiger partial charge in [-0.3, -0.25) is 0 Å². The van der Waals surface area contributed by atoms with Gasteiger partial charge < -0.3 is 0 Å². The average molecular weight is 311 g/mol. The third-order valence-corrected chi connectivity index (χ3v) is 10.0. The maximum atomic E-state index is 2.74. The molecule has 0 saturated heterocycles. The van der Waals surface area contributed by atoms with E-state index in [9.17, 15) is 0 Å². The summed E-state index contributed by atoms with van der Waals surface area (Å²) < 4.78 is 0. The van der Waals surface area contributed by atoms with Gasteiger partial charge in [-0.2, -0.15) is 0 Å². The third kappa shape index (κ3) is 1.55. The smallest absolute Gasteiger partial charge is 0.0105 e. The highest BCUT2D eigenvalue weighted by atomic mass is 14.8. The maximum absolute atomic E-state index is 2.74. The van der Waals surface area contributed by atoms with Crippen LogP contribution in [0.2, 0.25) is 0 Å². The molecule has 0 heterocycles. The predicted molar refractivity (Wildman–Crippen MR) is 97.2 cm³/mol. The summed E-state index contributed by atoms with van der Waals surface area (Å²) in [6, 6.07) is 0. The molecule has 0 radical (unpaired) electrons. The molecule has 3 atom stereocenters. The van der Waals surface area contributed by atoms with Crippen LogP contribution >= 0.6 is 0 Å². The second kappa shape index (κ2) is 4.55. The van der Waals surface area contributed by atoms with Crippen LogP contribution in [0.3, 0.4) is 0 Å². The molecule has 5 aliphatic rings. The fraction of sp³-hybridized carbons (Fsp3) is 0.826. The summed E-state index contributed by atoms with van der Waals surface area (Å²) in [7, 11) is 0. The Bertz CT molecular complexity index is 596. The van der Waals surface area contributed by atoms with Crippen LogP contribution < -0.4 is 0 Å². The van der Waals surface area contributed by atoms with Crippen molar-refractivity contribution in [3.05, 3.63) is 22.8 Å². The Morgan fingerprint density at radius 3 is 2.61 bits per heavy atom. The van der Waals surface area contributed by atoms with Crippen LogP contribution in [0.1, 0.15) is 91.4 Å². The standard InChI is InChI=1S/C23H34/c1-4-22-11-13-23(14-12-22)20-8-7-17-6-5-16(2)15-19(17)18(20)9-10-21(22,23)3/h5,18,20H,4,6-15H2,1-3H3/t18-,20-,21-,22?,23?/m1/s1. The average Bonchev–Trinajstić information content (AvgIpc) is 2.99. The molecule has 5 rings (SSSR count). The number of hydrogen-bond acceptors (Lipinski definition) is 0. The van der Waals surface area contributed by atoms with E-state index >= 15 is 0 Å². The summed E-state index contributed by atoms with van der Waals surface area (Å²) in [6.07, 6.45) is 18.8. The van der Waals surface area contributed by atoms with E-state index in [0.29, 0.717) is 5.41 Å². The molecular formula is C23H34. The topological polar surface area (TPSA) is 0 Å². The van der Waals surface area contributed by atoms with Crippen molar-refractivity contribution in [2.45, 2.75) is 91.4 Å². The monoisotopic (exact) mass is 310 g/mol. The minimum Gasteiger partial charge on any atom is -0.0812 e. The molecule has 0 N–H and O–H groups in total. The molecular weight excluding hydrogens is 276 g/mol. The van der Waals surface area contributed by atoms with Crippen molar-refractivity contribution in [2.24, 2.45) is 28.1 Å². The predicted octanol–water partition coefficient (Wildman–Crippen LogP) is 6.82. The summed E-state index contributed by atoms with van der Waals surface area (Å²) in [5.41, 5.74) is 7.55. The molecule has 3 fully saturated rings. The molecule has 0 aromatic rings. The highest BCUT2D eigenvalue weighted by Crippen LogP contribution is 2.81. The van der Waals surface area contributed by atoms with Gasteiger partial charge >= 0.3 is 0 Å². The first-order valence-corrected chi connectivity index (χ1v) is 10.4. The van der Waals surface area contributed by atoms with E-state index in [1.54, 1.807) is 31.3 Å². The SMILES string of the molecule is CCC12CCC3(CC1)[C@@H]1CCC4=C(CC(C)=CC4)[C@H]1CC[C@]23C. The summed E-state index contributed by atoms with van der Waals surface area (Å²) >= 11 is 0. The Morgan fingerprint density at radius 1 is 1.09 bits per heavy atom. The Hall–Kier alpha value is -0.520. The van der Waals surface area contributed by atoms with Crippen molar-refractivity contribution in [3.8, 4) is 0 Å². The second-order valence-electron chi connectivity index (χ2n) is 9.97. The second-order valence-corrected chi connectivity index (χ2v) is 9.97. The molecule has 0 aliphatic heterocycles. The van der Waals surface area contributed by atoms with Crippen LogP contribution in [0.15, 0.2) is 22.8 Å². The quantitative estimate of drug-likeness (QED) is 0.466. The van der Waals surface area contributed by atoms with E-state index in [0.717, 1.165) is 22.7 Å². The van der Waals surface area contributed by atoms with Gasteiger partial charge in [0.25, 0.3) is 0 Å². The normalized spacial score (nSPS) is 51.2. The van der Waals surface area contributed by atoms with Gasteiger partial charge in [-0.15, -0.1) is 0 Å². The van der Waals surface area contributed by atoms with E-state index < -0.39 is 0 Å². The molecule has 3 saturated carbocycles. The lowest BCUT2D eigenvalue weighted by molar-refractivity contribution is -0.0683. The van der Waals surface area contributed by atoms with Crippen molar-refractivity contribution in [3.63, 3.8) is 0 Å². The van der Waals surface area contributed by atoms with E-state index in [1.807, 2.05) is 11.1 Å². The molecule has 23 heavy (non-hydrogen) atoms. The number of fused-ring (bicyclic) bond motifs is 2. The van der Waals surface area contributed by atoms with Gasteiger partial charge in [0.05, 0.1) is 0 Å². The van der Waals surface area contributed by atoms with Gasteiger partial charge in [-0.25, -0.2) is 0 Å². The van der Waals surface area contributed by atoms with Crippen molar-refractivity contribution in [2.75, 3.05) is 0 Å². The molecule has 0 spiro atoms. The Morgan fingerprint density at radius 2 is 1.87 bits per heavy atom. The lowest BCUT2D eigenvalue weighted by Crippen LogP contribution is -2.50. The highest BCUT2D eigenvalue weighted by Gasteiger charge is 2.72. The maximum Gasteiger partial charge on any atom is -0.0105 e. The first-order chi connectivity index (χ1) is 11.1. The Labute approximate surface area is 142 Å². The lowest BCUT2D eigenvalue weighted by Gasteiger charge is -2.58. The van der Waals surface area contributed by atoms with Crippen molar-refractivity contribution in [1.29, 1.82) is 0 Å². The van der Waals surface area contributed by atoms with E-state index in [2.05, 4.69) is 26.8 Å². The van der Waals surface area contributed by atoms with Crippen LogP contribution in [0, 0.1) is 28.1 Å². The van der Waals surface area contributed by atoms with E-state index in [-0.39, 0.29) is 0 Å². The van der Waals surface area contributed by atoms with Gasteiger partial charge in [0, 0.05) is 0 Å². The summed E-state index contributed by atoms with van der Waals surface area (Å²) in [6.45, 7) is 7.60. The molecule has 2 bridgehead atoms. The first kappa shape index (κ1) is 14.8. The number of rotatable bonds is 1. The van der Waals surface area contributed by atoms with Crippen LogP contribution in [-0.2, 0) is 0 Å². The van der Waals surface area contributed by atoms with E-state index in [4.69, 9.17) is 0 Å². The zero-order valence-electron chi connectivity index (χ0n) is 15.5. The molecule has 0 amide bonds. The minimum atomic E-state index is 0.674. The van der Waals surface area contributed by atoms with Crippen LogP contribution in [0.4, 0.5) is 0 Å².